The fraction of sp³-hybridized carbons (Fsp3) is 0.526. The Hall–Kier alpha value is -2.02. The van der Waals surface area contributed by atoms with Crippen LogP contribution in [0.3, 0.4) is 0 Å². The molecule has 8 nitrogen and oxygen atoms in total. The van der Waals surface area contributed by atoms with Crippen LogP contribution in [-0.2, 0) is 20.7 Å². The Morgan fingerprint density at radius 2 is 1.86 bits per heavy atom. The number of rotatable bonds is 10. The molecule has 1 aromatic heterocycles. The van der Waals surface area contributed by atoms with Gasteiger partial charge in [-0.05, 0) is 44.9 Å². The van der Waals surface area contributed by atoms with Crippen LogP contribution in [0.1, 0.15) is 36.3 Å². The molecule has 0 saturated heterocycles. The van der Waals surface area contributed by atoms with Crippen molar-refractivity contribution in [1.82, 2.24) is 9.78 Å². The Morgan fingerprint density at radius 1 is 1.21 bits per heavy atom. The number of methoxy groups -OCH3 is 1. The smallest absolute Gasteiger partial charge is 0.339 e. The topological polar surface area (TPSA) is 94.8 Å². The lowest BCUT2D eigenvalue weighted by atomic mass is 10.1. The average molecular weight is 411 g/mol. The molecule has 0 radical (unpaired) electrons. The van der Waals surface area contributed by atoms with Crippen LogP contribution in [0.4, 0.5) is 5.82 Å². The molecule has 0 aliphatic carbocycles. The molecule has 0 aliphatic heterocycles. The van der Waals surface area contributed by atoms with Gasteiger partial charge in [-0.2, -0.15) is 5.10 Å². The highest BCUT2D eigenvalue weighted by atomic mass is 31.2. The number of ether oxygens (including phenoxy) is 1. The van der Waals surface area contributed by atoms with Gasteiger partial charge in [0, 0.05) is 19.7 Å². The Labute approximate surface area is 166 Å². The lowest BCUT2D eigenvalue weighted by molar-refractivity contribution is 0.212. The van der Waals surface area contributed by atoms with Gasteiger partial charge in [0.25, 0.3) is 0 Å². The quantitative estimate of drug-likeness (QED) is 0.567. The van der Waals surface area contributed by atoms with Crippen molar-refractivity contribution in [2.24, 2.45) is 7.05 Å². The van der Waals surface area contributed by atoms with Crippen molar-refractivity contribution in [1.29, 1.82) is 0 Å². The molecule has 1 unspecified atom stereocenters. The molecule has 156 valence electrons. The monoisotopic (exact) mass is 411 g/mol. The summed E-state index contributed by atoms with van der Waals surface area (Å²) in [6, 6.07) is 5.36. The molecular formula is C19H30N3O5P. The van der Waals surface area contributed by atoms with Gasteiger partial charge < -0.3 is 24.2 Å². The minimum atomic E-state index is -3.49. The van der Waals surface area contributed by atoms with E-state index < -0.39 is 13.3 Å². The number of hydrogen-bond acceptors (Lipinski definition) is 7. The summed E-state index contributed by atoms with van der Waals surface area (Å²) >= 11 is 0. The average Bonchev–Trinajstić information content (AvgIpc) is 2.95. The molecule has 1 aromatic carbocycles. The molecule has 2 aromatic rings. The van der Waals surface area contributed by atoms with Gasteiger partial charge in [0.05, 0.1) is 26.0 Å². The van der Waals surface area contributed by atoms with Gasteiger partial charge in [0.15, 0.2) is 11.5 Å². The molecule has 0 aliphatic rings. The second-order valence-corrected chi connectivity index (χ2v) is 8.67. The van der Waals surface area contributed by atoms with Crippen LogP contribution in [0.2, 0.25) is 0 Å². The van der Waals surface area contributed by atoms with Gasteiger partial charge >= 0.3 is 7.60 Å². The highest BCUT2D eigenvalue weighted by molar-refractivity contribution is 7.54. The van der Waals surface area contributed by atoms with Crippen molar-refractivity contribution < 1.29 is 23.5 Å². The summed E-state index contributed by atoms with van der Waals surface area (Å²) < 4.78 is 31.9. The number of benzene rings is 1. The first-order valence-electron chi connectivity index (χ1n) is 9.26. The number of hydrogen-bond donors (Lipinski definition) is 2. The Bertz CT molecular complexity index is 842. The van der Waals surface area contributed by atoms with E-state index in [2.05, 4.69) is 10.4 Å². The fourth-order valence-corrected chi connectivity index (χ4v) is 5.07. The van der Waals surface area contributed by atoms with E-state index in [0.29, 0.717) is 23.4 Å². The molecule has 0 spiro atoms. The highest BCUT2D eigenvalue weighted by Crippen LogP contribution is 2.61. The zero-order valence-corrected chi connectivity index (χ0v) is 18.2. The summed E-state index contributed by atoms with van der Waals surface area (Å²) in [5.74, 6) is 1.17. The molecule has 0 saturated carbocycles. The summed E-state index contributed by atoms with van der Waals surface area (Å²) in [7, 11) is -0.174. The Balaban J connectivity index is 2.47. The van der Waals surface area contributed by atoms with Gasteiger partial charge in [-0.1, -0.05) is 6.07 Å². The lowest BCUT2D eigenvalue weighted by Gasteiger charge is -2.28. The molecule has 0 fully saturated rings. The van der Waals surface area contributed by atoms with Crippen LogP contribution < -0.4 is 10.1 Å². The minimum Gasteiger partial charge on any atom is -0.504 e. The first-order chi connectivity index (χ1) is 13.3. The van der Waals surface area contributed by atoms with E-state index in [1.54, 1.807) is 37.6 Å². The zero-order valence-electron chi connectivity index (χ0n) is 17.4. The first kappa shape index (κ1) is 22.3. The maximum atomic E-state index is 13.6. The van der Waals surface area contributed by atoms with Gasteiger partial charge in [0.1, 0.15) is 11.5 Å². The highest BCUT2D eigenvalue weighted by Gasteiger charge is 2.37. The SMILES string of the molecule is CCOP(=O)(OCC)C(CNc1cc(C)nn1C)c1cc(C)c(O)c(OC)c1. The van der Waals surface area contributed by atoms with E-state index in [4.69, 9.17) is 13.8 Å². The maximum Gasteiger partial charge on any atom is 0.339 e. The third-order valence-corrected chi connectivity index (χ3v) is 6.85. The van der Waals surface area contributed by atoms with Gasteiger partial charge in [-0.3, -0.25) is 9.25 Å². The van der Waals surface area contributed by atoms with Crippen LogP contribution >= 0.6 is 7.60 Å². The normalized spacial score (nSPS) is 12.8. The van der Waals surface area contributed by atoms with Crippen molar-refractivity contribution in [2.75, 3.05) is 32.2 Å². The molecular weight excluding hydrogens is 381 g/mol. The van der Waals surface area contributed by atoms with Crippen LogP contribution in [-0.4, -0.2) is 41.8 Å². The summed E-state index contributed by atoms with van der Waals surface area (Å²) in [5, 5.41) is 17.8. The molecule has 0 bridgehead atoms. The number of aromatic nitrogens is 2. The number of phenols is 1. The van der Waals surface area contributed by atoms with Crippen molar-refractivity contribution in [2.45, 2.75) is 33.4 Å². The third kappa shape index (κ3) is 4.87. The number of nitrogens with zero attached hydrogens (tertiary/aromatic N) is 2. The van der Waals surface area contributed by atoms with Gasteiger partial charge in [-0.15, -0.1) is 0 Å². The summed E-state index contributed by atoms with van der Waals surface area (Å²) in [6.45, 7) is 8.04. The van der Waals surface area contributed by atoms with E-state index >= 15 is 0 Å². The molecule has 1 atom stereocenters. The standard InChI is InChI=1S/C19H30N3O5P/c1-7-26-28(24,27-8-2)17(12-20-18-10-14(4)21-22(18)5)15-9-13(3)19(23)16(11-15)25-6/h9-11,17,20,23H,7-8,12H2,1-6H3. The number of aromatic hydroxyl groups is 1. The lowest BCUT2D eigenvalue weighted by Crippen LogP contribution is -2.18. The Kier molecular flexibility index (Phi) is 7.52. The molecule has 2 rings (SSSR count). The van der Waals surface area contributed by atoms with Crippen LogP contribution in [0.25, 0.3) is 0 Å². The number of nitrogens with one attached hydrogen (secondary N) is 1. The largest absolute Gasteiger partial charge is 0.504 e. The van der Waals surface area contributed by atoms with Crippen LogP contribution in [0.5, 0.6) is 11.5 Å². The van der Waals surface area contributed by atoms with Crippen LogP contribution in [0, 0.1) is 13.8 Å². The molecule has 28 heavy (non-hydrogen) atoms. The summed E-state index contributed by atoms with van der Waals surface area (Å²) in [4.78, 5) is 0. The number of phenolic OH excluding ortho intramolecular Hbond substituents is 1. The fourth-order valence-electron chi connectivity index (χ4n) is 3.09. The summed E-state index contributed by atoms with van der Waals surface area (Å²) in [5.41, 5.74) is 1.59. The van der Waals surface area contributed by atoms with E-state index in [0.717, 1.165) is 11.5 Å². The zero-order chi connectivity index (χ0) is 20.9. The van der Waals surface area contributed by atoms with Gasteiger partial charge in [0.2, 0.25) is 0 Å². The van der Waals surface area contributed by atoms with Crippen molar-refractivity contribution in [3.8, 4) is 11.5 Å². The van der Waals surface area contributed by atoms with Crippen molar-refractivity contribution in [3.63, 3.8) is 0 Å². The maximum absolute atomic E-state index is 13.6. The molecule has 2 N–H and O–H groups in total. The number of anilines is 1. The molecule has 1 heterocycles. The van der Waals surface area contributed by atoms with Gasteiger partial charge in [-0.25, -0.2) is 0 Å². The molecule has 9 heteroatoms. The number of aryl methyl sites for hydroxylation is 3. The summed E-state index contributed by atoms with van der Waals surface area (Å²) in [6.07, 6.45) is 0. The third-order valence-electron chi connectivity index (χ3n) is 4.37. The predicted octanol–water partition coefficient (Wildman–Crippen LogP) is 4.17. The van der Waals surface area contributed by atoms with E-state index in [1.807, 2.05) is 20.0 Å². The second kappa shape index (κ2) is 9.45. The molecule has 0 amide bonds. The minimum absolute atomic E-state index is 0.0582. The predicted molar refractivity (Wildman–Crippen MR) is 109 cm³/mol. The van der Waals surface area contributed by atoms with E-state index in [9.17, 15) is 9.67 Å². The van der Waals surface area contributed by atoms with Crippen molar-refractivity contribution >= 4 is 13.4 Å². The van der Waals surface area contributed by atoms with E-state index in [1.165, 1.54) is 7.11 Å². The van der Waals surface area contributed by atoms with Crippen LogP contribution in [0.15, 0.2) is 18.2 Å². The van der Waals surface area contributed by atoms with Crippen molar-refractivity contribution in [3.05, 3.63) is 35.0 Å². The first-order valence-corrected chi connectivity index (χ1v) is 10.9. The van der Waals surface area contributed by atoms with E-state index in [-0.39, 0.29) is 19.0 Å². The Morgan fingerprint density at radius 3 is 2.36 bits per heavy atom. The second-order valence-electron chi connectivity index (χ2n) is 6.46.